The van der Waals surface area contributed by atoms with E-state index in [-0.39, 0.29) is 31.3 Å². The van der Waals surface area contributed by atoms with Crippen LogP contribution in [-0.4, -0.2) is 27.8 Å². The fourth-order valence-corrected chi connectivity index (χ4v) is 4.43. The first kappa shape index (κ1) is 23.9. The third kappa shape index (κ3) is 5.28. The lowest BCUT2D eigenvalue weighted by Gasteiger charge is -2.37. The fraction of sp³-hybridized carbons (Fsp3) is 0.280. The van der Waals surface area contributed by atoms with E-state index in [1.54, 1.807) is 11.0 Å². The van der Waals surface area contributed by atoms with Crippen LogP contribution in [0.1, 0.15) is 41.3 Å². The lowest BCUT2D eigenvalue weighted by molar-refractivity contribution is -0.137. The Balaban J connectivity index is 1.39. The van der Waals surface area contributed by atoms with E-state index < -0.39 is 17.6 Å². The molecular formula is C25H23ClF3N3O2. The summed E-state index contributed by atoms with van der Waals surface area (Å²) in [6, 6.07) is 15.7. The minimum atomic E-state index is -4.45. The summed E-state index contributed by atoms with van der Waals surface area (Å²) in [5, 5.41) is 3.15. The van der Waals surface area contributed by atoms with Crippen molar-refractivity contribution in [1.29, 1.82) is 0 Å². The van der Waals surface area contributed by atoms with Crippen LogP contribution < -0.4 is 5.32 Å². The zero-order chi connectivity index (χ0) is 24.3. The normalized spacial score (nSPS) is 15.6. The van der Waals surface area contributed by atoms with Gasteiger partial charge in [0.15, 0.2) is 0 Å². The number of alkyl halides is 3. The van der Waals surface area contributed by atoms with E-state index in [0.29, 0.717) is 23.7 Å². The lowest BCUT2D eigenvalue weighted by atomic mass is 9.99. The van der Waals surface area contributed by atoms with Crippen molar-refractivity contribution in [2.24, 2.45) is 0 Å². The Morgan fingerprint density at radius 1 is 1.00 bits per heavy atom. The van der Waals surface area contributed by atoms with Gasteiger partial charge in [0, 0.05) is 49.4 Å². The van der Waals surface area contributed by atoms with E-state index in [1.807, 2.05) is 36.5 Å². The molecule has 9 heteroatoms. The minimum absolute atomic E-state index is 0.0178. The molecule has 0 fully saturated rings. The molecule has 1 aliphatic rings. The first-order valence-corrected chi connectivity index (χ1v) is 11.2. The quantitative estimate of drug-likeness (QED) is 0.518. The van der Waals surface area contributed by atoms with Gasteiger partial charge in [0.2, 0.25) is 11.8 Å². The highest BCUT2D eigenvalue weighted by atomic mass is 35.5. The van der Waals surface area contributed by atoms with Crippen LogP contribution in [0.5, 0.6) is 0 Å². The van der Waals surface area contributed by atoms with Gasteiger partial charge in [-0.05, 0) is 41.5 Å². The lowest BCUT2D eigenvalue weighted by Crippen LogP contribution is -2.42. The Morgan fingerprint density at radius 2 is 1.79 bits per heavy atom. The maximum atomic E-state index is 13.1. The summed E-state index contributed by atoms with van der Waals surface area (Å²) >= 11 is 6.45. The summed E-state index contributed by atoms with van der Waals surface area (Å²) in [5.41, 5.74) is 1.33. The summed E-state index contributed by atoms with van der Waals surface area (Å²) in [6.07, 6.45) is -2.57. The topological polar surface area (TPSA) is 54.3 Å². The van der Waals surface area contributed by atoms with Gasteiger partial charge < -0.3 is 14.8 Å². The highest BCUT2D eigenvalue weighted by molar-refractivity contribution is 6.31. The Hall–Kier alpha value is -3.26. The minimum Gasteiger partial charge on any atom is -0.352 e. The molecule has 2 heterocycles. The maximum absolute atomic E-state index is 13.1. The summed E-state index contributed by atoms with van der Waals surface area (Å²) < 4.78 is 40.7. The number of nitrogens with zero attached hydrogens (tertiary/aromatic N) is 2. The van der Waals surface area contributed by atoms with Crippen molar-refractivity contribution in [1.82, 2.24) is 14.8 Å². The highest BCUT2D eigenvalue weighted by Crippen LogP contribution is 2.36. The Labute approximate surface area is 200 Å². The molecule has 0 spiro atoms. The molecule has 2 amide bonds. The van der Waals surface area contributed by atoms with Gasteiger partial charge in [-0.2, -0.15) is 13.2 Å². The Kier molecular flexibility index (Phi) is 6.97. The number of carbonyl (C=O) groups excluding carboxylic acids is 2. The number of rotatable bonds is 6. The molecule has 1 N–H and O–H groups in total. The molecular weight excluding hydrogens is 467 g/mol. The second kappa shape index (κ2) is 9.93. The highest BCUT2D eigenvalue weighted by Gasteiger charge is 2.33. The fourth-order valence-electron chi connectivity index (χ4n) is 4.19. The predicted octanol–water partition coefficient (Wildman–Crippen LogP) is 5.19. The monoisotopic (exact) mass is 489 g/mol. The molecule has 4 rings (SSSR count). The molecule has 0 radical (unpaired) electrons. The third-order valence-electron chi connectivity index (χ3n) is 5.87. The number of hydrogen-bond donors (Lipinski definition) is 1. The zero-order valence-corrected chi connectivity index (χ0v) is 18.9. The van der Waals surface area contributed by atoms with Gasteiger partial charge >= 0.3 is 6.18 Å². The smallest absolute Gasteiger partial charge is 0.352 e. The molecule has 34 heavy (non-hydrogen) atoms. The number of nitrogens with one attached hydrogen (secondary N) is 1. The van der Waals surface area contributed by atoms with Crippen LogP contribution >= 0.6 is 11.6 Å². The summed E-state index contributed by atoms with van der Waals surface area (Å²) in [6.45, 7) is 1.06. The Bertz CT molecular complexity index is 1190. The van der Waals surface area contributed by atoms with E-state index in [4.69, 9.17) is 11.6 Å². The third-order valence-corrected chi connectivity index (χ3v) is 6.21. The molecule has 0 bridgehead atoms. The van der Waals surface area contributed by atoms with Crippen molar-refractivity contribution in [2.45, 2.75) is 38.1 Å². The van der Waals surface area contributed by atoms with Gasteiger partial charge in [-0.15, -0.1) is 0 Å². The molecule has 3 aromatic rings. The average Bonchev–Trinajstić information content (AvgIpc) is 3.30. The molecule has 1 aromatic heterocycles. The number of carbonyl (C=O) groups is 2. The largest absolute Gasteiger partial charge is 0.416 e. The van der Waals surface area contributed by atoms with Gasteiger partial charge in [0.05, 0.1) is 11.6 Å². The standard InChI is InChI=1S/C25H23ClF3N3O2/c26-20-8-2-1-7-19(20)24-21-9-4-12-31(21)13-14-32(24)23(34)11-10-22(33)30-16-17-5-3-6-18(15-17)25(27,28)29/h1-9,12,15,24H,10-11,13-14,16H2,(H,30,33)/t24-/m1/s1. The van der Waals surface area contributed by atoms with E-state index in [9.17, 15) is 22.8 Å². The van der Waals surface area contributed by atoms with Gasteiger partial charge in [0.25, 0.3) is 0 Å². The van der Waals surface area contributed by atoms with E-state index >= 15 is 0 Å². The number of aromatic nitrogens is 1. The number of halogens is 4. The number of fused-ring (bicyclic) bond motifs is 1. The van der Waals surface area contributed by atoms with Crippen molar-refractivity contribution >= 4 is 23.4 Å². The second-order valence-corrected chi connectivity index (χ2v) is 8.52. The van der Waals surface area contributed by atoms with Crippen molar-refractivity contribution in [3.63, 3.8) is 0 Å². The SMILES string of the molecule is O=C(CCC(=O)N1CCn2cccc2[C@H]1c1ccccc1Cl)NCc1cccc(C(F)(F)F)c1. The molecule has 0 saturated heterocycles. The summed E-state index contributed by atoms with van der Waals surface area (Å²) in [5.74, 6) is -0.591. The molecule has 1 aliphatic heterocycles. The molecule has 5 nitrogen and oxygen atoms in total. The first-order valence-electron chi connectivity index (χ1n) is 10.9. The van der Waals surface area contributed by atoms with Gasteiger partial charge in [0.1, 0.15) is 0 Å². The van der Waals surface area contributed by atoms with Crippen LogP contribution in [-0.2, 0) is 28.9 Å². The number of benzene rings is 2. The van der Waals surface area contributed by atoms with Crippen LogP contribution in [0, 0.1) is 0 Å². The van der Waals surface area contributed by atoms with Crippen LogP contribution in [0.4, 0.5) is 13.2 Å². The molecule has 2 aromatic carbocycles. The second-order valence-electron chi connectivity index (χ2n) is 8.11. The van der Waals surface area contributed by atoms with Crippen LogP contribution in [0.3, 0.4) is 0 Å². The van der Waals surface area contributed by atoms with Gasteiger partial charge in [-0.25, -0.2) is 0 Å². The van der Waals surface area contributed by atoms with Crippen molar-refractivity contribution in [3.05, 3.63) is 94.3 Å². The molecule has 0 unspecified atom stereocenters. The Morgan fingerprint density at radius 3 is 2.56 bits per heavy atom. The first-order chi connectivity index (χ1) is 16.2. The van der Waals surface area contributed by atoms with Crippen molar-refractivity contribution in [2.75, 3.05) is 6.54 Å². The zero-order valence-electron chi connectivity index (χ0n) is 18.2. The van der Waals surface area contributed by atoms with E-state index in [1.165, 1.54) is 12.1 Å². The molecule has 1 atom stereocenters. The maximum Gasteiger partial charge on any atom is 0.416 e. The van der Waals surface area contributed by atoms with E-state index in [0.717, 1.165) is 23.4 Å². The molecule has 0 aliphatic carbocycles. The van der Waals surface area contributed by atoms with Crippen LogP contribution in [0.25, 0.3) is 0 Å². The molecule has 178 valence electrons. The summed E-state index contributed by atoms with van der Waals surface area (Å²) in [4.78, 5) is 27.2. The molecule has 0 saturated carbocycles. The predicted molar refractivity (Wildman–Crippen MR) is 122 cm³/mol. The van der Waals surface area contributed by atoms with Crippen LogP contribution in [0.15, 0.2) is 66.9 Å². The van der Waals surface area contributed by atoms with Crippen molar-refractivity contribution < 1.29 is 22.8 Å². The average molecular weight is 490 g/mol. The van der Waals surface area contributed by atoms with E-state index in [2.05, 4.69) is 9.88 Å². The van der Waals surface area contributed by atoms with Crippen LogP contribution in [0.2, 0.25) is 5.02 Å². The number of hydrogen-bond acceptors (Lipinski definition) is 2. The summed E-state index contributed by atoms with van der Waals surface area (Å²) in [7, 11) is 0. The number of amides is 2. The van der Waals surface area contributed by atoms with Gasteiger partial charge in [-0.3, -0.25) is 9.59 Å². The van der Waals surface area contributed by atoms with Gasteiger partial charge in [-0.1, -0.05) is 41.9 Å². The van der Waals surface area contributed by atoms with Crippen molar-refractivity contribution in [3.8, 4) is 0 Å².